The summed E-state index contributed by atoms with van der Waals surface area (Å²) in [5.41, 5.74) is 7.44. The highest BCUT2D eigenvalue weighted by molar-refractivity contribution is 5.34. The number of likely N-dealkylation sites (tertiary alicyclic amines) is 1. The zero-order chi connectivity index (χ0) is 15.5. The Morgan fingerprint density at radius 3 is 2.29 bits per heavy atom. The summed E-state index contributed by atoms with van der Waals surface area (Å²) in [6, 6.07) is 6.82. The number of benzene rings is 1. The van der Waals surface area contributed by atoms with Gasteiger partial charge in [0.2, 0.25) is 0 Å². The van der Waals surface area contributed by atoms with E-state index in [1.165, 1.54) is 42.6 Å². The number of rotatable bonds is 6. The summed E-state index contributed by atoms with van der Waals surface area (Å²) in [5, 5.41) is 0. The van der Waals surface area contributed by atoms with Gasteiger partial charge in [-0.1, -0.05) is 25.1 Å². The van der Waals surface area contributed by atoms with Crippen LogP contribution in [0.2, 0.25) is 0 Å². The molecule has 0 radical (unpaired) electrons. The van der Waals surface area contributed by atoms with E-state index in [1.807, 2.05) is 0 Å². The molecule has 3 nitrogen and oxygen atoms in total. The van der Waals surface area contributed by atoms with E-state index in [9.17, 15) is 0 Å². The van der Waals surface area contributed by atoms with Crippen LogP contribution in [-0.4, -0.2) is 29.6 Å². The lowest BCUT2D eigenvalue weighted by Gasteiger charge is -2.44. The third-order valence-corrected chi connectivity index (χ3v) is 5.55. The number of aryl methyl sites for hydroxylation is 2. The average molecular weight is 289 g/mol. The Balaban J connectivity index is 2.25. The molecule has 1 heterocycles. The molecule has 1 saturated heterocycles. The number of nitrogens with one attached hydrogen (secondary N) is 1. The van der Waals surface area contributed by atoms with E-state index >= 15 is 0 Å². The van der Waals surface area contributed by atoms with Gasteiger partial charge in [-0.15, -0.1) is 0 Å². The number of hydrogen-bond acceptors (Lipinski definition) is 3. The summed E-state index contributed by atoms with van der Waals surface area (Å²) in [6.07, 6.45) is 4.75. The summed E-state index contributed by atoms with van der Waals surface area (Å²) in [5.74, 6) is 5.97. The second kappa shape index (κ2) is 6.91. The second-order valence-corrected chi connectivity index (χ2v) is 6.70. The molecule has 0 bridgehead atoms. The molecule has 0 aromatic heterocycles. The van der Waals surface area contributed by atoms with Crippen molar-refractivity contribution in [2.45, 2.75) is 65.0 Å². The van der Waals surface area contributed by atoms with E-state index in [4.69, 9.17) is 5.84 Å². The fourth-order valence-electron chi connectivity index (χ4n) is 3.75. The van der Waals surface area contributed by atoms with Crippen molar-refractivity contribution in [1.82, 2.24) is 10.3 Å². The first-order valence-corrected chi connectivity index (χ1v) is 8.29. The lowest BCUT2D eigenvalue weighted by atomic mass is 9.82. The van der Waals surface area contributed by atoms with Gasteiger partial charge in [-0.05, 0) is 76.2 Å². The van der Waals surface area contributed by atoms with Gasteiger partial charge in [-0.2, -0.15) is 0 Å². The summed E-state index contributed by atoms with van der Waals surface area (Å²) in [6.45, 7) is 11.5. The predicted molar refractivity (Wildman–Crippen MR) is 90.2 cm³/mol. The summed E-state index contributed by atoms with van der Waals surface area (Å²) in [7, 11) is 0. The van der Waals surface area contributed by atoms with Gasteiger partial charge >= 0.3 is 0 Å². The van der Waals surface area contributed by atoms with E-state index < -0.39 is 0 Å². The number of nitrogens with two attached hydrogens (primary N) is 1. The molecule has 3 N–H and O–H groups in total. The molecule has 0 spiro atoms. The predicted octanol–water partition coefficient (Wildman–Crippen LogP) is 2.94. The maximum absolute atomic E-state index is 5.97. The molecule has 3 heteroatoms. The largest absolute Gasteiger partial charge is 0.296 e. The van der Waals surface area contributed by atoms with Crippen molar-refractivity contribution >= 4 is 0 Å². The maximum Gasteiger partial charge on any atom is 0.0432 e. The fraction of sp³-hybridized carbons (Fsp3) is 0.667. The number of hydrazine groups is 1. The van der Waals surface area contributed by atoms with Crippen LogP contribution in [-0.2, 0) is 6.42 Å². The van der Waals surface area contributed by atoms with E-state index in [2.05, 4.69) is 56.2 Å². The van der Waals surface area contributed by atoms with E-state index in [0.29, 0.717) is 0 Å². The molecule has 118 valence electrons. The Morgan fingerprint density at radius 2 is 1.81 bits per heavy atom. The van der Waals surface area contributed by atoms with E-state index in [-0.39, 0.29) is 11.6 Å². The Hall–Kier alpha value is -0.900. The van der Waals surface area contributed by atoms with Gasteiger partial charge in [0.25, 0.3) is 0 Å². The minimum absolute atomic E-state index is 0.125. The zero-order valence-electron chi connectivity index (χ0n) is 14.1. The molecule has 0 amide bonds. The van der Waals surface area contributed by atoms with Crippen LogP contribution >= 0.6 is 0 Å². The lowest BCUT2D eigenvalue weighted by Crippen LogP contribution is -2.61. The molecule has 2 rings (SSSR count). The molecule has 2 unspecified atom stereocenters. The molecule has 2 atom stereocenters. The van der Waals surface area contributed by atoms with Crippen molar-refractivity contribution < 1.29 is 0 Å². The van der Waals surface area contributed by atoms with Crippen LogP contribution in [0.5, 0.6) is 0 Å². The van der Waals surface area contributed by atoms with Crippen LogP contribution in [0.15, 0.2) is 18.2 Å². The topological polar surface area (TPSA) is 41.3 Å². The molecular formula is C18H31N3. The van der Waals surface area contributed by atoms with E-state index in [0.717, 1.165) is 12.8 Å². The Bertz CT molecular complexity index is 445. The molecule has 0 aliphatic carbocycles. The van der Waals surface area contributed by atoms with Crippen molar-refractivity contribution in [3.63, 3.8) is 0 Å². The summed E-state index contributed by atoms with van der Waals surface area (Å²) in [4.78, 5) is 2.63. The van der Waals surface area contributed by atoms with Gasteiger partial charge < -0.3 is 0 Å². The normalized spacial score (nSPS) is 20.4. The zero-order valence-corrected chi connectivity index (χ0v) is 14.1. The fourth-order valence-corrected chi connectivity index (χ4v) is 3.75. The summed E-state index contributed by atoms with van der Waals surface area (Å²) >= 11 is 0. The summed E-state index contributed by atoms with van der Waals surface area (Å²) < 4.78 is 0. The van der Waals surface area contributed by atoms with Crippen LogP contribution in [0.3, 0.4) is 0 Å². The van der Waals surface area contributed by atoms with Crippen molar-refractivity contribution in [2.75, 3.05) is 13.1 Å². The first kappa shape index (κ1) is 16.5. The minimum atomic E-state index is 0.125. The van der Waals surface area contributed by atoms with Crippen LogP contribution in [0.25, 0.3) is 0 Å². The van der Waals surface area contributed by atoms with Crippen LogP contribution in [0.1, 0.15) is 49.8 Å². The molecule has 1 aromatic carbocycles. The number of hydrogen-bond donors (Lipinski definition) is 2. The van der Waals surface area contributed by atoms with E-state index in [1.54, 1.807) is 0 Å². The minimum Gasteiger partial charge on any atom is -0.296 e. The van der Waals surface area contributed by atoms with Crippen molar-refractivity contribution in [3.8, 4) is 0 Å². The first-order valence-electron chi connectivity index (χ1n) is 8.29. The molecule has 1 aliphatic rings. The average Bonchev–Trinajstić information content (AvgIpc) is 3.01. The quantitative estimate of drug-likeness (QED) is 0.625. The Kier molecular flexibility index (Phi) is 5.42. The molecule has 21 heavy (non-hydrogen) atoms. The van der Waals surface area contributed by atoms with Crippen molar-refractivity contribution in [1.29, 1.82) is 0 Å². The molecule has 1 fully saturated rings. The smallest absolute Gasteiger partial charge is 0.0432 e. The van der Waals surface area contributed by atoms with Gasteiger partial charge in [0.05, 0.1) is 0 Å². The van der Waals surface area contributed by atoms with Gasteiger partial charge in [0, 0.05) is 11.6 Å². The standard InChI is InChI=1S/C18H31N3/c1-5-18(4,21-11-6-7-12-21)17(20-19)13-16-14(2)9-8-10-15(16)3/h8-10,17,20H,5-7,11-13,19H2,1-4H3. The second-order valence-electron chi connectivity index (χ2n) is 6.70. The highest BCUT2D eigenvalue weighted by Gasteiger charge is 2.39. The molecule has 1 aliphatic heterocycles. The van der Waals surface area contributed by atoms with Crippen LogP contribution in [0, 0.1) is 13.8 Å². The maximum atomic E-state index is 5.97. The third-order valence-electron chi connectivity index (χ3n) is 5.55. The van der Waals surface area contributed by atoms with Crippen molar-refractivity contribution in [3.05, 3.63) is 34.9 Å². The molecule has 1 aromatic rings. The van der Waals surface area contributed by atoms with Crippen LogP contribution < -0.4 is 11.3 Å². The number of nitrogens with zero attached hydrogens (tertiary/aromatic N) is 1. The first-order chi connectivity index (χ1) is 10.0. The lowest BCUT2D eigenvalue weighted by molar-refractivity contribution is 0.0840. The Morgan fingerprint density at radius 1 is 1.24 bits per heavy atom. The monoisotopic (exact) mass is 289 g/mol. The Labute approximate surface area is 129 Å². The molecule has 0 saturated carbocycles. The van der Waals surface area contributed by atoms with Gasteiger partial charge in [-0.3, -0.25) is 16.2 Å². The van der Waals surface area contributed by atoms with Crippen LogP contribution in [0.4, 0.5) is 0 Å². The highest BCUT2D eigenvalue weighted by Crippen LogP contribution is 2.30. The highest BCUT2D eigenvalue weighted by atomic mass is 15.3. The molecular weight excluding hydrogens is 258 g/mol. The van der Waals surface area contributed by atoms with Crippen molar-refractivity contribution in [2.24, 2.45) is 5.84 Å². The SMILES string of the molecule is CCC(C)(C(Cc1c(C)cccc1C)NN)N1CCCC1. The van der Waals surface area contributed by atoms with Gasteiger partial charge in [0.15, 0.2) is 0 Å². The van der Waals surface area contributed by atoms with Gasteiger partial charge in [-0.25, -0.2) is 0 Å². The van der Waals surface area contributed by atoms with Gasteiger partial charge in [0.1, 0.15) is 0 Å². The third kappa shape index (κ3) is 3.31.